The first kappa shape index (κ1) is 30.8. The van der Waals surface area contributed by atoms with Gasteiger partial charge in [-0.25, -0.2) is 19.8 Å². The molecule has 49 heavy (non-hydrogen) atoms. The Hall–Kier alpha value is -5.50. The first-order valence-corrected chi connectivity index (χ1v) is 16.0. The molecule has 1 N–H and O–H groups in total. The van der Waals surface area contributed by atoms with Crippen molar-refractivity contribution in [2.45, 2.75) is 25.7 Å². The van der Waals surface area contributed by atoms with Crippen LogP contribution in [0.5, 0.6) is 0 Å². The number of alkyl halides is 3. The summed E-state index contributed by atoms with van der Waals surface area (Å²) in [5.74, 6) is -0.749. The summed E-state index contributed by atoms with van der Waals surface area (Å²) in [6, 6.07) is 13.7. The number of fused-ring (bicyclic) bond motifs is 4. The first-order valence-electron chi connectivity index (χ1n) is 16.0. The number of benzene rings is 2. The molecular formula is C35H31F3N8O3. The van der Waals surface area contributed by atoms with Gasteiger partial charge in [-0.15, -0.1) is 0 Å². The minimum Gasteiger partial charge on any atom is -0.354 e. The SMILES string of the molecule is Cn1c2ccncc2c2ccc(-c3cnc(N4CCN(Cc5ccc6c(c5)CN(N5CCC(=O)NC5=O)C6=O)CC4)c(C(F)(F)F)c3)cc21. The highest BCUT2D eigenvalue weighted by Crippen LogP contribution is 2.39. The number of imide groups is 1. The van der Waals surface area contributed by atoms with E-state index in [1.165, 1.54) is 22.3 Å². The Morgan fingerprint density at radius 2 is 1.65 bits per heavy atom. The number of anilines is 1. The lowest BCUT2D eigenvalue weighted by Gasteiger charge is -2.36. The lowest BCUT2D eigenvalue weighted by Crippen LogP contribution is -2.56. The van der Waals surface area contributed by atoms with Crippen LogP contribution >= 0.6 is 0 Å². The fourth-order valence-corrected chi connectivity index (χ4v) is 7.12. The van der Waals surface area contributed by atoms with Crippen molar-refractivity contribution >= 4 is 45.5 Å². The zero-order chi connectivity index (χ0) is 34.0. The Bertz CT molecular complexity index is 2170. The largest absolute Gasteiger partial charge is 0.419 e. The van der Waals surface area contributed by atoms with E-state index < -0.39 is 17.8 Å². The van der Waals surface area contributed by atoms with Gasteiger partial charge in [0.1, 0.15) is 5.82 Å². The maximum Gasteiger partial charge on any atom is 0.419 e. The van der Waals surface area contributed by atoms with E-state index in [1.807, 2.05) is 48.0 Å². The number of nitrogens with one attached hydrogen (secondary N) is 1. The lowest BCUT2D eigenvalue weighted by molar-refractivity contribution is -0.137. The molecule has 0 bridgehead atoms. The van der Waals surface area contributed by atoms with E-state index in [-0.39, 0.29) is 37.1 Å². The van der Waals surface area contributed by atoms with E-state index in [0.717, 1.165) is 32.9 Å². The van der Waals surface area contributed by atoms with Crippen LogP contribution in [0.4, 0.5) is 23.8 Å². The number of carbonyl (C=O) groups is 3. The second kappa shape index (κ2) is 11.6. The fourth-order valence-electron chi connectivity index (χ4n) is 7.12. The Labute approximate surface area is 278 Å². The molecule has 250 valence electrons. The number of aryl methyl sites for hydroxylation is 1. The minimum absolute atomic E-state index is 0.0766. The van der Waals surface area contributed by atoms with Gasteiger partial charge < -0.3 is 9.47 Å². The molecule has 0 radical (unpaired) electrons. The molecule has 0 atom stereocenters. The molecule has 2 fully saturated rings. The van der Waals surface area contributed by atoms with Gasteiger partial charge in [0.25, 0.3) is 5.91 Å². The summed E-state index contributed by atoms with van der Waals surface area (Å²) in [4.78, 5) is 49.3. The maximum atomic E-state index is 14.5. The van der Waals surface area contributed by atoms with E-state index in [2.05, 4.69) is 20.2 Å². The zero-order valence-corrected chi connectivity index (χ0v) is 26.5. The van der Waals surface area contributed by atoms with Crippen LogP contribution < -0.4 is 10.2 Å². The van der Waals surface area contributed by atoms with Crippen LogP contribution in [0.25, 0.3) is 32.9 Å². The Morgan fingerprint density at radius 1 is 0.837 bits per heavy atom. The smallest absolute Gasteiger partial charge is 0.354 e. The van der Waals surface area contributed by atoms with Crippen LogP contribution in [0, 0.1) is 0 Å². The third kappa shape index (κ3) is 5.41. The topological polar surface area (TPSA) is 107 Å². The summed E-state index contributed by atoms with van der Waals surface area (Å²) in [6.45, 7) is 2.69. The van der Waals surface area contributed by atoms with Gasteiger partial charge in [0.15, 0.2) is 0 Å². The molecule has 3 aliphatic heterocycles. The fraction of sp³-hybridized carbons (Fsp3) is 0.286. The van der Waals surface area contributed by atoms with Crippen molar-refractivity contribution in [2.24, 2.45) is 7.05 Å². The predicted molar refractivity (Wildman–Crippen MR) is 175 cm³/mol. The Kier molecular flexibility index (Phi) is 7.28. The van der Waals surface area contributed by atoms with Gasteiger partial charge in [0.2, 0.25) is 5.91 Å². The summed E-state index contributed by atoms with van der Waals surface area (Å²) >= 11 is 0. The van der Waals surface area contributed by atoms with Gasteiger partial charge in [0, 0.05) is 92.2 Å². The van der Waals surface area contributed by atoms with E-state index in [0.29, 0.717) is 49.4 Å². The molecule has 14 heteroatoms. The van der Waals surface area contributed by atoms with Crippen molar-refractivity contribution in [3.63, 3.8) is 0 Å². The predicted octanol–water partition coefficient (Wildman–Crippen LogP) is 4.94. The molecule has 4 amide bonds. The number of hydrazine groups is 1. The molecule has 0 spiro atoms. The van der Waals surface area contributed by atoms with Gasteiger partial charge in [0.05, 0.1) is 24.2 Å². The summed E-state index contributed by atoms with van der Waals surface area (Å²) in [5.41, 5.74) is 4.40. The van der Waals surface area contributed by atoms with Crippen LogP contribution in [0.3, 0.4) is 0 Å². The van der Waals surface area contributed by atoms with Gasteiger partial charge >= 0.3 is 12.2 Å². The Morgan fingerprint density at radius 3 is 2.43 bits per heavy atom. The van der Waals surface area contributed by atoms with E-state index in [9.17, 15) is 27.6 Å². The van der Waals surface area contributed by atoms with Gasteiger partial charge in [-0.2, -0.15) is 13.2 Å². The monoisotopic (exact) mass is 668 g/mol. The van der Waals surface area contributed by atoms with E-state index in [4.69, 9.17) is 0 Å². The van der Waals surface area contributed by atoms with Crippen LogP contribution in [0.2, 0.25) is 0 Å². The Balaban J connectivity index is 0.967. The molecule has 6 heterocycles. The third-order valence-electron chi connectivity index (χ3n) is 9.67. The molecule has 2 aromatic carbocycles. The minimum atomic E-state index is -4.59. The number of halogens is 3. The number of pyridine rings is 2. The molecule has 0 saturated carbocycles. The van der Waals surface area contributed by atoms with E-state index >= 15 is 0 Å². The quantitative estimate of drug-likeness (QED) is 0.283. The van der Waals surface area contributed by atoms with Crippen LogP contribution in [-0.2, 0) is 31.1 Å². The highest BCUT2D eigenvalue weighted by Gasteiger charge is 2.38. The molecule has 0 aliphatic carbocycles. The maximum absolute atomic E-state index is 14.5. The highest BCUT2D eigenvalue weighted by molar-refractivity contribution is 6.08. The van der Waals surface area contributed by atoms with Crippen LogP contribution in [-0.4, -0.2) is 80.0 Å². The number of amides is 4. The van der Waals surface area contributed by atoms with Gasteiger partial charge in [-0.3, -0.25) is 24.8 Å². The second-order valence-corrected chi connectivity index (χ2v) is 12.6. The highest BCUT2D eigenvalue weighted by atomic mass is 19.4. The lowest BCUT2D eigenvalue weighted by atomic mass is 10.0. The summed E-state index contributed by atoms with van der Waals surface area (Å²) in [6.07, 6.45) is 0.553. The van der Waals surface area contributed by atoms with Crippen molar-refractivity contribution in [3.05, 3.63) is 89.4 Å². The van der Waals surface area contributed by atoms with Crippen LogP contribution in [0.1, 0.15) is 33.5 Å². The molecule has 11 nitrogen and oxygen atoms in total. The van der Waals surface area contributed by atoms with Crippen molar-refractivity contribution in [2.75, 3.05) is 37.6 Å². The number of nitrogens with zero attached hydrogens (tertiary/aromatic N) is 7. The molecule has 8 rings (SSSR count). The number of rotatable bonds is 5. The number of hydrogen-bond acceptors (Lipinski definition) is 7. The van der Waals surface area contributed by atoms with Crippen LogP contribution in [0.15, 0.2) is 67.1 Å². The number of hydrogen-bond donors (Lipinski definition) is 1. The number of piperazine rings is 1. The average Bonchev–Trinajstić information content (AvgIpc) is 3.57. The van der Waals surface area contributed by atoms with Crippen molar-refractivity contribution < 1.29 is 27.6 Å². The molecule has 5 aromatic rings. The zero-order valence-electron chi connectivity index (χ0n) is 26.5. The number of aromatic nitrogens is 3. The third-order valence-corrected chi connectivity index (χ3v) is 9.67. The summed E-state index contributed by atoms with van der Waals surface area (Å²) in [7, 11) is 1.93. The van der Waals surface area contributed by atoms with Crippen molar-refractivity contribution in [1.82, 2.24) is 34.8 Å². The molecule has 3 aromatic heterocycles. The molecule has 2 saturated heterocycles. The van der Waals surface area contributed by atoms with Gasteiger partial charge in [-0.05, 0) is 41.0 Å². The first-order chi connectivity index (χ1) is 23.5. The molecule has 0 unspecified atom stereocenters. The standard InChI is InChI=1S/C35H31F3N8O3/c1-42-29-6-8-39-18-27(29)26-5-3-22(16-30(26)42)23-15-28(35(36,37)38)32(40-17-23)44-12-10-43(11-13-44)19-21-2-4-25-24(14-21)20-46(33(25)48)45-9-7-31(47)41-34(45)49/h2-6,8,14-18H,7,9-13,19-20H2,1H3,(H,41,47,49). The second-order valence-electron chi connectivity index (χ2n) is 12.6. The van der Waals surface area contributed by atoms with Crippen molar-refractivity contribution in [1.29, 1.82) is 0 Å². The average molecular weight is 669 g/mol. The number of carbonyl (C=O) groups excluding carboxylic acids is 3. The van der Waals surface area contributed by atoms with Gasteiger partial charge in [-0.1, -0.05) is 24.3 Å². The van der Waals surface area contributed by atoms with Crippen molar-refractivity contribution in [3.8, 4) is 11.1 Å². The molecule has 3 aliphatic rings. The summed E-state index contributed by atoms with van der Waals surface area (Å²) in [5, 5.41) is 6.82. The summed E-state index contributed by atoms with van der Waals surface area (Å²) < 4.78 is 45.5. The molecular weight excluding hydrogens is 637 g/mol. The number of urea groups is 1. The normalized spacial score (nSPS) is 17.4. The van der Waals surface area contributed by atoms with E-state index in [1.54, 1.807) is 23.4 Å².